The molecule has 0 radical (unpaired) electrons. The molecule has 3 aromatic carbocycles. The molecule has 0 saturated heterocycles. The molecule has 0 N–H and O–H groups in total. The van der Waals surface area contributed by atoms with Crippen LogP contribution in [-0.2, 0) is 9.59 Å². The highest BCUT2D eigenvalue weighted by atomic mass is 19.1. The fourth-order valence-corrected chi connectivity index (χ4v) is 3.55. The van der Waals surface area contributed by atoms with Crippen molar-refractivity contribution in [2.75, 3.05) is 6.54 Å². The maximum Gasteiger partial charge on any atom is 0.211 e. The second-order valence-electron chi connectivity index (χ2n) is 7.41. The molecule has 2 atom stereocenters. The number of rotatable bonds is 10. The number of hydrogen-bond donors (Lipinski definition) is 0. The summed E-state index contributed by atoms with van der Waals surface area (Å²) in [7, 11) is 0. The third-order valence-corrected chi connectivity index (χ3v) is 5.15. The van der Waals surface area contributed by atoms with Crippen LogP contribution < -0.4 is 0 Å². The standard InChI is InChI=1S/C27H22FNO4/c28-24-14-8-7-13-22(24)23(19-29(32)33)27(25(30)17-15-20-9-3-1-4-10-20)26(31)18-16-21-11-5-2-6-12-21/h1-18,23,27H,19H2/b17-15-,18-16+/t23-,27?/m1/s1. The fourth-order valence-electron chi connectivity index (χ4n) is 3.55. The number of halogens is 1. The van der Waals surface area contributed by atoms with Crippen LogP contribution in [0.4, 0.5) is 4.39 Å². The van der Waals surface area contributed by atoms with Gasteiger partial charge in [-0.05, 0) is 34.9 Å². The highest BCUT2D eigenvalue weighted by Crippen LogP contribution is 2.30. The van der Waals surface area contributed by atoms with Gasteiger partial charge in [0.05, 0.1) is 11.8 Å². The monoisotopic (exact) mass is 443 g/mol. The summed E-state index contributed by atoms with van der Waals surface area (Å²) < 4.78 is 14.6. The molecule has 3 rings (SSSR count). The van der Waals surface area contributed by atoms with Crippen LogP contribution in [0.1, 0.15) is 22.6 Å². The lowest BCUT2D eigenvalue weighted by atomic mass is 9.79. The van der Waals surface area contributed by atoms with E-state index in [1.807, 2.05) is 12.1 Å². The Morgan fingerprint density at radius 1 is 0.788 bits per heavy atom. The number of benzene rings is 3. The molecule has 1 unspecified atom stereocenters. The second kappa shape index (κ2) is 11.4. The average molecular weight is 443 g/mol. The van der Waals surface area contributed by atoms with Crippen molar-refractivity contribution in [3.8, 4) is 0 Å². The number of ketones is 2. The zero-order chi connectivity index (χ0) is 23.6. The summed E-state index contributed by atoms with van der Waals surface area (Å²) in [5.74, 6) is -4.67. The number of carbonyl (C=O) groups is 2. The summed E-state index contributed by atoms with van der Waals surface area (Å²) in [6.07, 6.45) is 5.52. The zero-order valence-electron chi connectivity index (χ0n) is 17.7. The van der Waals surface area contributed by atoms with Crippen molar-refractivity contribution in [1.29, 1.82) is 0 Å². The zero-order valence-corrected chi connectivity index (χ0v) is 17.7. The van der Waals surface area contributed by atoms with E-state index in [-0.39, 0.29) is 5.56 Å². The van der Waals surface area contributed by atoms with Crippen molar-refractivity contribution in [2.24, 2.45) is 5.92 Å². The first kappa shape index (κ1) is 23.5. The van der Waals surface area contributed by atoms with Crippen molar-refractivity contribution in [1.82, 2.24) is 0 Å². The Hall–Kier alpha value is -4.19. The highest BCUT2D eigenvalue weighted by molar-refractivity contribution is 6.14. The number of hydrogen-bond acceptors (Lipinski definition) is 4. The summed E-state index contributed by atoms with van der Waals surface area (Å²) in [5.41, 5.74) is 1.42. The quantitative estimate of drug-likeness (QED) is 0.183. The van der Waals surface area contributed by atoms with Gasteiger partial charge in [-0.3, -0.25) is 19.7 Å². The van der Waals surface area contributed by atoms with Crippen LogP contribution in [0.15, 0.2) is 97.1 Å². The minimum atomic E-state index is -1.45. The predicted octanol–water partition coefficient (Wildman–Crippen LogP) is 5.37. The van der Waals surface area contributed by atoms with E-state index in [0.29, 0.717) is 0 Å². The second-order valence-corrected chi connectivity index (χ2v) is 7.41. The molecule has 166 valence electrons. The van der Waals surface area contributed by atoms with E-state index in [0.717, 1.165) is 17.2 Å². The maximum absolute atomic E-state index is 14.6. The Balaban J connectivity index is 2.01. The van der Waals surface area contributed by atoms with Crippen molar-refractivity contribution >= 4 is 23.7 Å². The van der Waals surface area contributed by atoms with Crippen LogP contribution in [0.3, 0.4) is 0 Å². The van der Waals surface area contributed by atoms with E-state index in [1.165, 1.54) is 42.5 Å². The summed E-state index contributed by atoms with van der Waals surface area (Å²) in [6.45, 7) is -0.762. The van der Waals surface area contributed by atoms with Gasteiger partial charge in [0, 0.05) is 4.92 Å². The Kier molecular flexibility index (Phi) is 8.13. The molecule has 5 nitrogen and oxygen atoms in total. The van der Waals surface area contributed by atoms with Gasteiger partial charge in [0.2, 0.25) is 6.54 Å². The largest absolute Gasteiger partial charge is 0.294 e. The third-order valence-electron chi connectivity index (χ3n) is 5.15. The summed E-state index contributed by atoms with van der Waals surface area (Å²) in [6, 6.07) is 23.5. The first-order chi connectivity index (χ1) is 16.0. The molecule has 0 spiro atoms. The first-order valence-electron chi connectivity index (χ1n) is 10.4. The molecule has 0 aliphatic heterocycles. The number of allylic oxidation sites excluding steroid dienone is 2. The molecular formula is C27H22FNO4. The third kappa shape index (κ3) is 6.64. The van der Waals surface area contributed by atoms with Gasteiger partial charge in [0.25, 0.3) is 0 Å². The molecule has 0 aromatic heterocycles. The summed E-state index contributed by atoms with van der Waals surface area (Å²) >= 11 is 0. The van der Waals surface area contributed by atoms with Gasteiger partial charge in [0.15, 0.2) is 11.6 Å². The van der Waals surface area contributed by atoms with E-state index >= 15 is 0 Å². The minimum absolute atomic E-state index is 0.0397. The minimum Gasteiger partial charge on any atom is -0.294 e. The van der Waals surface area contributed by atoms with Crippen molar-refractivity contribution in [3.63, 3.8) is 0 Å². The lowest BCUT2D eigenvalue weighted by molar-refractivity contribution is -0.484. The molecule has 0 saturated carbocycles. The van der Waals surface area contributed by atoms with Crippen LogP contribution >= 0.6 is 0 Å². The van der Waals surface area contributed by atoms with Gasteiger partial charge in [-0.25, -0.2) is 4.39 Å². The maximum atomic E-state index is 14.6. The van der Waals surface area contributed by atoms with Crippen LogP contribution in [0.2, 0.25) is 0 Å². The van der Waals surface area contributed by atoms with Gasteiger partial charge in [-0.1, -0.05) is 91.0 Å². The van der Waals surface area contributed by atoms with Gasteiger partial charge in [-0.2, -0.15) is 0 Å². The normalized spacial score (nSPS) is 13.1. The predicted molar refractivity (Wildman–Crippen MR) is 125 cm³/mol. The first-order valence-corrected chi connectivity index (χ1v) is 10.4. The molecule has 0 aliphatic carbocycles. The van der Waals surface area contributed by atoms with Crippen LogP contribution in [-0.4, -0.2) is 23.0 Å². The number of nitrogens with zero attached hydrogens (tertiary/aromatic N) is 1. The van der Waals surface area contributed by atoms with Gasteiger partial charge < -0.3 is 0 Å². The SMILES string of the molecule is O=C(/C=C\c1ccccc1)C(C(=O)/C=C/c1ccccc1)[C@H](C[N+](=O)[O-])c1ccccc1F. The Labute approximate surface area is 191 Å². The smallest absolute Gasteiger partial charge is 0.211 e. The Morgan fingerprint density at radius 2 is 1.24 bits per heavy atom. The topological polar surface area (TPSA) is 77.3 Å². The van der Waals surface area contributed by atoms with E-state index in [2.05, 4.69) is 0 Å². The van der Waals surface area contributed by atoms with E-state index in [9.17, 15) is 24.1 Å². The molecule has 3 aromatic rings. The van der Waals surface area contributed by atoms with Crippen molar-refractivity contribution in [3.05, 3.63) is 130 Å². The molecule has 0 amide bonds. The lowest BCUT2D eigenvalue weighted by Gasteiger charge is -2.21. The van der Waals surface area contributed by atoms with E-state index < -0.39 is 40.7 Å². The summed E-state index contributed by atoms with van der Waals surface area (Å²) in [4.78, 5) is 37.2. The lowest BCUT2D eigenvalue weighted by Crippen LogP contribution is -2.33. The highest BCUT2D eigenvalue weighted by Gasteiger charge is 2.37. The van der Waals surface area contributed by atoms with E-state index in [4.69, 9.17) is 0 Å². The van der Waals surface area contributed by atoms with Gasteiger partial charge >= 0.3 is 0 Å². The molecule has 33 heavy (non-hydrogen) atoms. The van der Waals surface area contributed by atoms with Crippen LogP contribution in [0.5, 0.6) is 0 Å². The Bertz CT molecular complexity index is 1110. The molecular weight excluding hydrogens is 421 g/mol. The van der Waals surface area contributed by atoms with E-state index in [1.54, 1.807) is 48.5 Å². The number of carbonyl (C=O) groups excluding carboxylic acids is 2. The Morgan fingerprint density at radius 3 is 1.70 bits per heavy atom. The fraction of sp³-hybridized carbons (Fsp3) is 0.111. The van der Waals surface area contributed by atoms with Gasteiger partial charge in [-0.15, -0.1) is 0 Å². The van der Waals surface area contributed by atoms with Gasteiger partial charge in [0.1, 0.15) is 5.82 Å². The molecule has 0 aliphatic rings. The summed E-state index contributed by atoms with van der Waals surface area (Å²) in [5, 5.41) is 11.4. The van der Waals surface area contributed by atoms with Crippen LogP contribution in [0, 0.1) is 21.8 Å². The average Bonchev–Trinajstić information content (AvgIpc) is 2.82. The molecule has 0 bridgehead atoms. The van der Waals surface area contributed by atoms with Crippen molar-refractivity contribution < 1.29 is 18.9 Å². The molecule has 0 heterocycles. The molecule has 0 fully saturated rings. The van der Waals surface area contributed by atoms with Crippen molar-refractivity contribution in [2.45, 2.75) is 5.92 Å². The molecule has 6 heteroatoms. The van der Waals surface area contributed by atoms with Crippen LogP contribution in [0.25, 0.3) is 12.2 Å². The number of nitro groups is 1.